The minimum Gasteiger partial charge on any atom is -0.481 e. The Kier molecular flexibility index (Phi) is 10.4. The molecule has 0 atom stereocenters. The Bertz CT molecular complexity index is 2250. The molecule has 0 saturated heterocycles. The van der Waals surface area contributed by atoms with E-state index in [0.29, 0.717) is 39.0 Å². The number of amides is 1. The Morgan fingerprint density at radius 3 is 2.56 bits per heavy atom. The first-order valence-electron chi connectivity index (χ1n) is 15.3. The molecule has 0 bridgehead atoms. The molecule has 1 N–H and O–H groups in total. The zero-order valence-electron chi connectivity index (χ0n) is 26.8. The molecule has 1 amide bonds. The van der Waals surface area contributed by atoms with Gasteiger partial charge in [-0.25, -0.2) is 23.4 Å². The predicted octanol–water partition coefficient (Wildman–Crippen LogP) is 4.96. The SMILES string of the molecule is C#CCN1C(=O)COc2cc(F)c(/N=c3\snc4n3CC(C)(C)C4)cc21.O=C(O)CSc1cc(N=c2sc(=O)n3n2CCCC3)c(F)cc1Cl. The number of carbonyl (C=O) groups is 2. The van der Waals surface area contributed by atoms with Crippen LogP contribution in [0.4, 0.5) is 25.8 Å². The quantitative estimate of drug-likeness (QED) is 0.217. The largest absolute Gasteiger partial charge is 0.481 e. The molecule has 5 heterocycles. The highest BCUT2D eigenvalue weighted by atomic mass is 35.5. The minimum absolute atomic E-state index is 0.0370. The number of benzene rings is 2. The number of hydrogen-bond donors (Lipinski definition) is 1. The molecule has 2 aromatic carbocycles. The summed E-state index contributed by atoms with van der Waals surface area (Å²) >= 11 is 9.16. The van der Waals surface area contributed by atoms with Gasteiger partial charge in [-0.15, -0.1) is 18.2 Å². The maximum atomic E-state index is 14.5. The first kappa shape index (κ1) is 35.6. The molecule has 3 aliphatic heterocycles. The van der Waals surface area contributed by atoms with Crippen molar-refractivity contribution in [1.29, 1.82) is 0 Å². The fourth-order valence-electron chi connectivity index (χ4n) is 5.62. The summed E-state index contributed by atoms with van der Waals surface area (Å²) in [4.78, 5) is 46.2. The molecule has 0 unspecified atom stereocenters. The second kappa shape index (κ2) is 14.5. The van der Waals surface area contributed by atoms with Crippen molar-refractivity contribution in [2.75, 3.05) is 23.8 Å². The standard InChI is InChI=1S/C18H17FN4O2S.C14H13ClFN3O3S2/c1-4-5-22-13-7-12(11(19)6-14(13)25-9-16(22)24)20-17-23-10-18(2,3)8-15(23)21-26-17;15-8-5-9(16)10(6-11(8)23-7-12(20)21)17-13-18-3-1-2-4-19(18)14(22)24-13/h1,6-7H,5,8-10H2,2-3H3;5-6H,1-4,7H2,(H,20,21)/b20-17-;. The van der Waals surface area contributed by atoms with Gasteiger partial charge >= 0.3 is 10.8 Å². The first-order chi connectivity index (χ1) is 23.8. The number of halogens is 3. The van der Waals surface area contributed by atoms with Gasteiger partial charge in [0.1, 0.15) is 28.8 Å². The second-order valence-electron chi connectivity index (χ2n) is 12.3. The summed E-state index contributed by atoms with van der Waals surface area (Å²) in [5.74, 6) is 1.13. The zero-order valence-corrected chi connectivity index (χ0v) is 30.0. The molecular weight excluding hydrogens is 732 g/mol. The summed E-state index contributed by atoms with van der Waals surface area (Å²) in [6.45, 7) is 6.35. The van der Waals surface area contributed by atoms with Crippen LogP contribution in [0.1, 0.15) is 32.5 Å². The van der Waals surface area contributed by atoms with E-state index in [0.717, 1.165) is 60.8 Å². The summed E-state index contributed by atoms with van der Waals surface area (Å²) in [5, 5.41) is 8.90. The molecule has 0 radical (unpaired) electrons. The van der Waals surface area contributed by atoms with Gasteiger partial charge in [-0.05, 0) is 47.8 Å². The number of aromatic nitrogens is 4. The molecule has 0 fully saturated rings. The highest BCUT2D eigenvalue weighted by Crippen LogP contribution is 2.38. The van der Waals surface area contributed by atoms with Gasteiger partial charge in [0.15, 0.2) is 12.4 Å². The van der Waals surface area contributed by atoms with E-state index >= 15 is 0 Å². The maximum absolute atomic E-state index is 14.5. The fourth-order valence-corrected chi connectivity index (χ4v) is 8.25. The average molecular weight is 762 g/mol. The molecule has 262 valence electrons. The summed E-state index contributed by atoms with van der Waals surface area (Å²) in [5.41, 5.74) is 0.715. The number of thioether (sulfide) groups is 1. The van der Waals surface area contributed by atoms with Gasteiger partial charge in [-0.2, -0.15) is 4.37 Å². The number of rotatable bonds is 6. The predicted molar refractivity (Wildman–Crippen MR) is 187 cm³/mol. The van der Waals surface area contributed by atoms with Crippen molar-refractivity contribution in [3.8, 4) is 18.1 Å². The minimum atomic E-state index is -0.992. The third-order valence-electron chi connectivity index (χ3n) is 7.89. The maximum Gasteiger partial charge on any atom is 0.325 e. The van der Waals surface area contributed by atoms with Crippen molar-refractivity contribution in [2.24, 2.45) is 15.4 Å². The van der Waals surface area contributed by atoms with Crippen LogP contribution >= 0.6 is 46.2 Å². The monoisotopic (exact) mass is 761 g/mol. The Hall–Kier alpha value is -4.24. The zero-order chi connectivity index (χ0) is 35.7. The molecule has 50 heavy (non-hydrogen) atoms. The van der Waals surface area contributed by atoms with Crippen molar-refractivity contribution < 1.29 is 28.2 Å². The molecule has 4 aromatic rings. The molecule has 0 saturated carbocycles. The van der Waals surface area contributed by atoms with Gasteiger partial charge < -0.3 is 14.4 Å². The van der Waals surface area contributed by atoms with E-state index in [1.165, 1.54) is 34.6 Å². The van der Waals surface area contributed by atoms with Gasteiger partial charge in [-0.3, -0.25) is 24.0 Å². The average Bonchev–Trinajstić information content (AvgIpc) is 3.69. The van der Waals surface area contributed by atoms with E-state index in [1.54, 1.807) is 9.36 Å². The Balaban J connectivity index is 0.000000174. The van der Waals surface area contributed by atoms with Crippen LogP contribution in [0.3, 0.4) is 0 Å². The van der Waals surface area contributed by atoms with Crippen LogP contribution in [0.2, 0.25) is 5.02 Å². The smallest absolute Gasteiger partial charge is 0.325 e. The fraction of sp³-hybridized carbons (Fsp3) is 0.375. The number of anilines is 1. The van der Waals surface area contributed by atoms with Crippen molar-refractivity contribution >= 4 is 75.2 Å². The van der Waals surface area contributed by atoms with E-state index in [9.17, 15) is 23.2 Å². The summed E-state index contributed by atoms with van der Waals surface area (Å²) in [6, 6.07) is 5.28. The van der Waals surface area contributed by atoms with Gasteiger partial charge in [0.25, 0.3) is 5.91 Å². The van der Waals surface area contributed by atoms with E-state index in [4.69, 9.17) is 27.9 Å². The van der Waals surface area contributed by atoms with E-state index in [2.05, 4.69) is 34.1 Å². The lowest BCUT2D eigenvalue weighted by Gasteiger charge is -2.28. The van der Waals surface area contributed by atoms with Gasteiger partial charge in [0, 0.05) is 48.5 Å². The number of ether oxygens (including phenoxy) is 1. The Morgan fingerprint density at radius 1 is 1.12 bits per heavy atom. The van der Waals surface area contributed by atoms with Gasteiger partial charge in [-0.1, -0.05) is 31.4 Å². The highest BCUT2D eigenvalue weighted by molar-refractivity contribution is 8.00. The topological polar surface area (TPSA) is 136 Å². The van der Waals surface area contributed by atoms with Crippen molar-refractivity contribution in [3.05, 3.63) is 66.0 Å². The molecule has 0 aliphatic carbocycles. The van der Waals surface area contributed by atoms with Crippen LogP contribution in [-0.4, -0.2) is 54.2 Å². The summed E-state index contributed by atoms with van der Waals surface area (Å²) in [6.07, 6.45) is 8.08. The number of carboxylic acids is 1. The third-order valence-corrected chi connectivity index (χ3v) is 11.0. The van der Waals surface area contributed by atoms with E-state index in [-0.39, 0.29) is 51.5 Å². The Morgan fingerprint density at radius 2 is 1.82 bits per heavy atom. The molecule has 2 aromatic heterocycles. The molecule has 3 aliphatic rings. The number of terminal acetylenes is 1. The van der Waals surface area contributed by atoms with Crippen LogP contribution in [0.25, 0.3) is 0 Å². The number of nitrogens with zero attached hydrogens (tertiary/aromatic N) is 7. The Labute approximate surface area is 301 Å². The molecule has 12 nitrogen and oxygen atoms in total. The van der Waals surface area contributed by atoms with Crippen LogP contribution in [0.15, 0.2) is 43.9 Å². The van der Waals surface area contributed by atoms with Crippen molar-refractivity contribution in [1.82, 2.24) is 18.3 Å². The summed E-state index contributed by atoms with van der Waals surface area (Å²) < 4.78 is 43.9. The molecular formula is C32H30ClF2N7O5S3. The molecule has 0 spiro atoms. The van der Waals surface area contributed by atoms with Gasteiger partial charge in [0.05, 0.1) is 23.0 Å². The van der Waals surface area contributed by atoms with Crippen molar-refractivity contribution in [3.63, 3.8) is 0 Å². The molecule has 7 rings (SSSR count). The molecule has 18 heteroatoms. The van der Waals surface area contributed by atoms with Crippen LogP contribution < -0.4 is 24.1 Å². The number of carboxylic acid groups (broad SMARTS) is 1. The van der Waals surface area contributed by atoms with Crippen LogP contribution in [0.5, 0.6) is 5.75 Å². The van der Waals surface area contributed by atoms with E-state index in [1.807, 2.05) is 4.57 Å². The lowest BCUT2D eigenvalue weighted by molar-refractivity contribution is -0.134. The number of aliphatic carboxylic acids is 1. The van der Waals surface area contributed by atoms with E-state index < -0.39 is 17.6 Å². The van der Waals surface area contributed by atoms with Crippen molar-refractivity contribution in [2.45, 2.75) is 57.6 Å². The first-order valence-corrected chi connectivity index (χ1v) is 18.3. The summed E-state index contributed by atoms with van der Waals surface area (Å²) in [7, 11) is 0. The van der Waals surface area contributed by atoms with Crippen LogP contribution in [-0.2, 0) is 35.6 Å². The lowest BCUT2D eigenvalue weighted by Crippen LogP contribution is -2.39. The third kappa shape index (κ3) is 7.58. The van der Waals surface area contributed by atoms with Crippen LogP contribution in [0, 0.1) is 29.4 Å². The second-order valence-corrected chi connectivity index (χ2v) is 15.4. The number of carbonyl (C=O) groups excluding carboxylic acids is 1. The number of hydrogen-bond acceptors (Lipinski definition) is 10. The highest BCUT2D eigenvalue weighted by Gasteiger charge is 2.31. The normalized spacial score (nSPS) is 16.6. The number of fused-ring (bicyclic) bond motifs is 3. The lowest BCUT2D eigenvalue weighted by atomic mass is 9.92. The van der Waals surface area contributed by atoms with Gasteiger partial charge in [0.2, 0.25) is 9.60 Å².